The number of fused-ring (bicyclic) bond motifs is 1. The van der Waals surface area contributed by atoms with E-state index in [1.165, 1.54) is 34.3 Å². The Bertz CT molecular complexity index is 655. The molecule has 104 valence electrons. The predicted molar refractivity (Wildman–Crippen MR) is 90.4 cm³/mol. The molecule has 0 amide bonds. The lowest BCUT2D eigenvalue weighted by atomic mass is 10.0. The summed E-state index contributed by atoms with van der Waals surface area (Å²) in [5.74, 6) is 1.32. The molecular weight excluding hydrogens is 288 g/mol. The molecule has 20 heavy (non-hydrogen) atoms. The van der Waals surface area contributed by atoms with E-state index in [0.717, 1.165) is 11.1 Å². The Hall–Kier alpha value is -1.66. The zero-order valence-corrected chi connectivity index (χ0v) is 12.5. The minimum absolute atomic E-state index is 0.114. The number of benzene rings is 2. The Kier molecular flexibility index (Phi) is 4.92. The van der Waals surface area contributed by atoms with Crippen molar-refractivity contribution in [1.82, 2.24) is 0 Å². The van der Waals surface area contributed by atoms with Crippen LogP contribution in [-0.2, 0) is 11.5 Å². The number of nitrogens with one attached hydrogen (secondary N) is 2. The van der Waals surface area contributed by atoms with Gasteiger partial charge in [-0.05, 0) is 21.9 Å². The third kappa shape index (κ3) is 3.68. The first-order chi connectivity index (χ1) is 9.58. The van der Waals surface area contributed by atoms with Gasteiger partial charge in [0.15, 0.2) is 10.3 Å². The van der Waals surface area contributed by atoms with Crippen LogP contribution < -0.4 is 11.5 Å². The van der Waals surface area contributed by atoms with Gasteiger partial charge in [0, 0.05) is 11.5 Å². The van der Waals surface area contributed by atoms with Crippen molar-refractivity contribution in [3.8, 4) is 0 Å². The number of hydrogen-bond donors (Lipinski definition) is 4. The first-order valence-electron chi connectivity index (χ1n) is 6.01. The molecule has 0 bridgehead atoms. The normalized spacial score (nSPS) is 10.6. The summed E-state index contributed by atoms with van der Waals surface area (Å²) in [6.45, 7) is 0. The van der Waals surface area contributed by atoms with Crippen LogP contribution in [0.4, 0.5) is 0 Å². The standard InChI is InChI=1S/C14H16N4S2/c15-13(16)19-7-10-6-5-9-3-1-2-4-11(9)12(10)8-20-14(17)18/h1-6H,7-8H2,(H3,15,16)(H3,17,18). The number of amidine groups is 2. The van der Waals surface area contributed by atoms with Crippen molar-refractivity contribution < 1.29 is 0 Å². The van der Waals surface area contributed by atoms with Gasteiger partial charge in [-0.25, -0.2) is 0 Å². The fourth-order valence-electron chi connectivity index (χ4n) is 1.99. The molecule has 6 heteroatoms. The minimum atomic E-state index is 0.114. The molecule has 0 unspecified atom stereocenters. The van der Waals surface area contributed by atoms with Gasteiger partial charge in [-0.15, -0.1) is 0 Å². The van der Waals surface area contributed by atoms with Crippen LogP contribution in [0.15, 0.2) is 36.4 Å². The molecular formula is C14H16N4S2. The topological polar surface area (TPSA) is 99.7 Å². The number of rotatable bonds is 4. The van der Waals surface area contributed by atoms with Crippen molar-refractivity contribution >= 4 is 44.6 Å². The van der Waals surface area contributed by atoms with Gasteiger partial charge in [-0.2, -0.15) is 0 Å². The summed E-state index contributed by atoms with van der Waals surface area (Å²) in [7, 11) is 0. The predicted octanol–water partition coefficient (Wildman–Crippen LogP) is 3.09. The first-order valence-corrected chi connectivity index (χ1v) is 7.98. The average molecular weight is 304 g/mol. The van der Waals surface area contributed by atoms with Gasteiger partial charge in [0.1, 0.15) is 0 Å². The zero-order chi connectivity index (χ0) is 14.5. The highest BCUT2D eigenvalue weighted by Gasteiger charge is 2.09. The molecule has 0 saturated carbocycles. The van der Waals surface area contributed by atoms with Crippen LogP contribution in [-0.4, -0.2) is 10.3 Å². The quantitative estimate of drug-likeness (QED) is 0.515. The van der Waals surface area contributed by atoms with E-state index < -0.39 is 0 Å². The Morgan fingerprint density at radius 2 is 1.55 bits per heavy atom. The van der Waals surface area contributed by atoms with Gasteiger partial charge in [-0.3, -0.25) is 10.8 Å². The van der Waals surface area contributed by atoms with Crippen molar-refractivity contribution in [2.24, 2.45) is 11.5 Å². The van der Waals surface area contributed by atoms with Crippen LogP contribution in [0.2, 0.25) is 0 Å². The molecule has 0 aromatic heterocycles. The van der Waals surface area contributed by atoms with E-state index in [2.05, 4.69) is 24.3 Å². The van der Waals surface area contributed by atoms with Gasteiger partial charge >= 0.3 is 0 Å². The minimum Gasteiger partial charge on any atom is -0.379 e. The molecule has 0 fully saturated rings. The first kappa shape index (κ1) is 14.7. The Labute approximate surface area is 126 Å². The molecule has 4 nitrogen and oxygen atoms in total. The molecule has 0 spiro atoms. The van der Waals surface area contributed by atoms with E-state index in [1.54, 1.807) is 0 Å². The monoisotopic (exact) mass is 304 g/mol. The lowest BCUT2D eigenvalue weighted by Gasteiger charge is -2.12. The summed E-state index contributed by atoms with van der Waals surface area (Å²) in [5, 5.41) is 17.3. The summed E-state index contributed by atoms with van der Waals surface area (Å²) in [6, 6.07) is 12.3. The Morgan fingerprint density at radius 3 is 2.25 bits per heavy atom. The van der Waals surface area contributed by atoms with E-state index in [9.17, 15) is 0 Å². The van der Waals surface area contributed by atoms with E-state index >= 15 is 0 Å². The highest BCUT2D eigenvalue weighted by molar-refractivity contribution is 8.13. The van der Waals surface area contributed by atoms with Crippen LogP contribution in [0.25, 0.3) is 10.8 Å². The van der Waals surface area contributed by atoms with E-state index in [4.69, 9.17) is 22.3 Å². The molecule has 2 aromatic rings. The van der Waals surface area contributed by atoms with Gasteiger partial charge in [0.05, 0.1) is 0 Å². The molecule has 0 atom stereocenters. The smallest absolute Gasteiger partial charge is 0.151 e. The summed E-state index contributed by atoms with van der Waals surface area (Å²) in [4.78, 5) is 0. The second kappa shape index (κ2) is 6.67. The SMILES string of the molecule is N=C(N)SCc1ccc2ccccc2c1CSC(=N)N. The second-order valence-electron chi connectivity index (χ2n) is 4.23. The molecule has 2 rings (SSSR count). The van der Waals surface area contributed by atoms with Crippen molar-refractivity contribution in [3.63, 3.8) is 0 Å². The maximum absolute atomic E-state index is 7.37. The van der Waals surface area contributed by atoms with E-state index in [1.807, 2.05) is 12.1 Å². The molecule has 2 aromatic carbocycles. The molecule has 0 aliphatic heterocycles. The molecule has 0 aliphatic carbocycles. The summed E-state index contributed by atoms with van der Waals surface area (Å²) < 4.78 is 0. The van der Waals surface area contributed by atoms with Crippen molar-refractivity contribution in [1.29, 1.82) is 10.8 Å². The van der Waals surface area contributed by atoms with E-state index in [0.29, 0.717) is 11.5 Å². The maximum Gasteiger partial charge on any atom is 0.151 e. The molecule has 0 saturated heterocycles. The van der Waals surface area contributed by atoms with Crippen molar-refractivity contribution in [3.05, 3.63) is 47.5 Å². The van der Waals surface area contributed by atoms with Crippen LogP contribution in [0, 0.1) is 10.8 Å². The van der Waals surface area contributed by atoms with Gasteiger partial charge in [0.2, 0.25) is 0 Å². The summed E-state index contributed by atoms with van der Waals surface area (Å²) >= 11 is 2.62. The zero-order valence-electron chi connectivity index (χ0n) is 10.8. The average Bonchev–Trinajstić information content (AvgIpc) is 2.42. The van der Waals surface area contributed by atoms with Gasteiger partial charge in [-0.1, -0.05) is 59.9 Å². The van der Waals surface area contributed by atoms with Crippen molar-refractivity contribution in [2.75, 3.05) is 0 Å². The van der Waals surface area contributed by atoms with Crippen molar-refractivity contribution in [2.45, 2.75) is 11.5 Å². The lowest BCUT2D eigenvalue weighted by molar-refractivity contribution is 1.32. The highest BCUT2D eigenvalue weighted by atomic mass is 32.2. The fourth-order valence-corrected chi connectivity index (χ4v) is 3.21. The van der Waals surface area contributed by atoms with Crippen LogP contribution >= 0.6 is 23.5 Å². The molecule has 0 radical (unpaired) electrons. The van der Waals surface area contributed by atoms with Crippen LogP contribution in [0.1, 0.15) is 11.1 Å². The van der Waals surface area contributed by atoms with Gasteiger partial charge < -0.3 is 11.5 Å². The maximum atomic E-state index is 7.37. The number of hydrogen-bond acceptors (Lipinski definition) is 4. The number of nitrogens with two attached hydrogens (primary N) is 2. The third-order valence-corrected chi connectivity index (χ3v) is 4.40. The molecule has 0 aliphatic rings. The van der Waals surface area contributed by atoms with Crippen LogP contribution in [0.3, 0.4) is 0 Å². The summed E-state index contributed by atoms with van der Waals surface area (Å²) in [5.41, 5.74) is 13.2. The van der Waals surface area contributed by atoms with E-state index in [-0.39, 0.29) is 10.3 Å². The Balaban J connectivity index is 2.41. The Morgan fingerprint density at radius 1 is 0.900 bits per heavy atom. The number of thioether (sulfide) groups is 2. The van der Waals surface area contributed by atoms with Crippen LogP contribution in [0.5, 0.6) is 0 Å². The van der Waals surface area contributed by atoms with Gasteiger partial charge in [0.25, 0.3) is 0 Å². The molecule has 0 heterocycles. The fraction of sp³-hybridized carbons (Fsp3) is 0.143. The summed E-state index contributed by atoms with van der Waals surface area (Å²) in [6.07, 6.45) is 0. The second-order valence-corrected chi connectivity index (χ2v) is 6.26. The molecule has 6 N–H and O–H groups in total. The highest BCUT2D eigenvalue weighted by Crippen LogP contribution is 2.28. The lowest BCUT2D eigenvalue weighted by Crippen LogP contribution is -2.06. The largest absolute Gasteiger partial charge is 0.379 e. The third-order valence-electron chi connectivity index (χ3n) is 2.89.